The van der Waals surface area contributed by atoms with Gasteiger partial charge in [-0.1, -0.05) is 0 Å². The van der Waals surface area contributed by atoms with Crippen LogP contribution in [0.5, 0.6) is 0 Å². The molecule has 1 aromatic rings. The second kappa shape index (κ2) is 5.42. The summed E-state index contributed by atoms with van der Waals surface area (Å²) in [6.45, 7) is 2.72. The first-order chi connectivity index (χ1) is 7.00. The number of nitrogens with zero attached hydrogens (tertiary/aromatic N) is 2. The van der Waals surface area contributed by atoms with Gasteiger partial charge in [-0.2, -0.15) is 0 Å². The fourth-order valence-electron chi connectivity index (χ4n) is 0.972. The molecule has 0 saturated carbocycles. The average molecular weight is 276 g/mol. The van der Waals surface area contributed by atoms with E-state index in [1.54, 1.807) is 6.20 Å². The number of nitrogens with one attached hydrogen (secondary N) is 1. The van der Waals surface area contributed by atoms with E-state index in [9.17, 15) is 4.39 Å². The second-order valence-electron chi connectivity index (χ2n) is 3.68. The first-order valence-corrected chi connectivity index (χ1v) is 5.51. The molecule has 15 heavy (non-hydrogen) atoms. The van der Waals surface area contributed by atoms with Gasteiger partial charge in [-0.25, -0.2) is 9.37 Å². The Hall–Kier alpha value is -0.680. The lowest BCUT2D eigenvalue weighted by molar-refractivity contribution is 0.325. The molecular formula is C10H15BrFN3. The van der Waals surface area contributed by atoms with Gasteiger partial charge >= 0.3 is 0 Å². The maximum atomic E-state index is 13.3. The Morgan fingerprint density at radius 2 is 2.27 bits per heavy atom. The Balaban J connectivity index is 2.58. The van der Waals surface area contributed by atoms with Crippen LogP contribution < -0.4 is 5.32 Å². The van der Waals surface area contributed by atoms with E-state index < -0.39 is 0 Å². The van der Waals surface area contributed by atoms with E-state index in [4.69, 9.17) is 0 Å². The Kier molecular flexibility index (Phi) is 4.47. The topological polar surface area (TPSA) is 28.2 Å². The van der Waals surface area contributed by atoms with Crippen molar-refractivity contribution in [2.45, 2.75) is 13.0 Å². The molecule has 1 unspecified atom stereocenters. The van der Waals surface area contributed by atoms with Crippen LogP contribution in [0.4, 0.5) is 10.2 Å². The van der Waals surface area contributed by atoms with Gasteiger partial charge in [-0.3, -0.25) is 0 Å². The van der Waals surface area contributed by atoms with Crippen LogP contribution in [0.15, 0.2) is 16.7 Å². The maximum Gasteiger partial charge on any atom is 0.166 e. The van der Waals surface area contributed by atoms with Crippen LogP contribution in [0.25, 0.3) is 0 Å². The summed E-state index contributed by atoms with van der Waals surface area (Å²) in [6.07, 6.45) is 1.58. The molecule has 0 aliphatic heterocycles. The lowest BCUT2D eigenvalue weighted by Gasteiger charge is -2.20. The Morgan fingerprint density at radius 1 is 1.60 bits per heavy atom. The molecule has 3 nitrogen and oxygen atoms in total. The second-order valence-corrected chi connectivity index (χ2v) is 4.59. The molecule has 1 N–H and O–H groups in total. The third kappa shape index (κ3) is 3.76. The molecular weight excluding hydrogens is 261 g/mol. The third-order valence-corrected chi connectivity index (χ3v) is 2.69. The fourth-order valence-corrected chi connectivity index (χ4v) is 1.27. The summed E-state index contributed by atoms with van der Waals surface area (Å²) in [7, 11) is 3.97. The van der Waals surface area contributed by atoms with Crippen molar-refractivity contribution >= 4 is 21.7 Å². The van der Waals surface area contributed by atoms with Crippen molar-refractivity contribution in [2.24, 2.45) is 0 Å². The van der Waals surface area contributed by atoms with E-state index in [-0.39, 0.29) is 5.82 Å². The van der Waals surface area contributed by atoms with Gasteiger partial charge in [0, 0.05) is 23.3 Å². The highest BCUT2D eigenvalue weighted by molar-refractivity contribution is 9.10. The van der Waals surface area contributed by atoms with Gasteiger partial charge in [0.05, 0.1) is 0 Å². The predicted octanol–water partition coefficient (Wildman–Crippen LogP) is 2.35. The highest BCUT2D eigenvalue weighted by Crippen LogP contribution is 2.15. The van der Waals surface area contributed by atoms with Crippen LogP contribution in [0.1, 0.15) is 6.92 Å². The lowest BCUT2D eigenvalue weighted by atomic mass is 10.3. The normalized spacial score (nSPS) is 12.9. The van der Waals surface area contributed by atoms with Crippen LogP contribution in [0.2, 0.25) is 0 Å². The number of hydrogen-bond acceptors (Lipinski definition) is 3. The minimum atomic E-state index is -0.338. The SMILES string of the molecule is CC(CNc1ncc(Br)cc1F)N(C)C. The number of aromatic nitrogens is 1. The third-order valence-electron chi connectivity index (χ3n) is 2.25. The number of hydrogen-bond donors (Lipinski definition) is 1. The molecule has 0 fully saturated rings. The molecule has 1 heterocycles. The van der Waals surface area contributed by atoms with Gasteiger partial charge < -0.3 is 10.2 Å². The summed E-state index contributed by atoms with van der Waals surface area (Å²) in [5, 5.41) is 2.97. The number of anilines is 1. The molecule has 0 saturated heterocycles. The van der Waals surface area contributed by atoms with E-state index in [1.807, 2.05) is 14.1 Å². The van der Waals surface area contributed by atoms with E-state index in [2.05, 4.69) is 38.1 Å². The fraction of sp³-hybridized carbons (Fsp3) is 0.500. The molecule has 5 heteroatoms. The minimum absolute atomic E-state index is 0.298. The zero-order valence-corrected chi connectivity index (χ0v) is 10.7. The smallest absolute Gasteiger partial charge is 0.166 e. The van der Waals surface area contributed by atoms with Gasteiger partial charge in [0.15, 0.2) is 11.6 Å². The number of rotatable bonds is 4. The molecule has 0 amide bonds. The Labute approximate surface area is 97.8 Å². The highest BCUT2D eigenvalue weighted by Gasteiger charge is 2.07. The summed E-state index contributed by atoms with van der Waals surface area (Å²) in [6, 6.07) is 1.73. The van der Waals surface area contributed by atoms with Crippen molar-refractivity contribution in [3.63, 3.8) is 0 Å². The van der Waals surface area contributed by atoms with Gasteiger partial charge in [0.2, 0.25) is 0 Å². The molecule has 0 radical (unpaired) electrons. The number of pyridine rings is 1. The number of likely N-dealkylation sites (N-methyl/N-ethyl adjacent to an activating group) is 1. The van der Waals surface area contributed by atoms with Gasteiger partial charge in [-0.15, -0.1) is 0 Å². The van der Waals surface area contributed by atoms with Crippen LogP contribution in [0.3, 0.4) is 0 Å². The molecule has 1 aromatic heterocycles. The van der Waals surface area contributed by atoms with Crippen molar-refractivity contribution in [3.05, 3.63) is 22.6 Å². The van der Waals surface area contributed by atoms with E-state index in [1.165, 1.54) is 6.07 Å². The number of halogens is 2. The van der Waals surface area contributed by atoms with Crippen LogP contribution in [-0.2, 0) is 0 Å². The van der Waals surface area contributed by atoms with Gasteiger partial charge in [0.25, 0.3) is 0 Å². The van der Waals surface area contributed by atoms with Gasteiger partial charge in [0.1, 0.15) is 0 Å². The molecule has 0 aliphatic rings. The van der Waals surface area contributed by atoms with E-state index >= 15 is 0 Å². The summed E-state index contributed by atoms with van der Waals surface area (Å²) >= 11 is 3.16. The largest absolute Gasteiger partial charge is 0.366 e. The Morgan fingerprint density at radius 3 is 2.80 bits per heavy atom. The predicted molar refractivity (Wildman–Crippen MR) is 63.5 cm³/mol. The quantitative estimate of drug-likeness (QED) is 0.915. The van der Waals surface area contributed by atoms with Crippen molar-refractivity contribution in [1.82, 2.24) is 9.88 Å². The van der Waals surface area contributed by atoms with Crippen LogP contribution >= 0.6 is 15.9 Å². The molecule has 0 aliphatic carbocycles. The zero-order valence-electron chi connectivity index (χ0n) is 9.09. The highest BCUT2D eigenvalue weighted by atomic mass is 79.9. The lowest BCUT2D eigenvalue weighted by Crippen LogP contribution is -2.31. The Bertz CT molecular complexity index is 330. The van der Waals surface area contributed by atoms with E-state index in [0.717, 1.165) is 0 Å². The van der Waals surface area contributed by atoms with E-state index in [0.29, 0.717) is 22.9 Å². The van der Waals surface area contributed by atoms with Crippen molar-refractivity contribution in [1.29, 1.82) is 0 Å². The molecule has 84 valence electrons. The molecule has 0 aromatic carbocycles. The standard InChI is InChI=1S/C10H15BrFN3/c1-7(15(2)3)5-13-10-9(12)4-8(11)6-14-10/h4,6-7H,5H2,1-3H3,(H,13,14). The first-order valence-electron chi connectivity index (χ1n) is 4.72. The van der Waals surface area contributed by atoms with Crippen molar-refractivity contribution in [2.75, 3.05) is 26.0 Å². The summed E-state index contributed by atoms with van der Waals surface area (Å²) in [5.41, 5.74) is 0. The summed E-state index contributed by atoms with van der Waals surface area (Å²) in [5.74, 6) is -0.0396. The van der Waals surface area contributed by atoms with Crippen molar-refractivity contribution in [3.8, 4) is 0 Å². The summed E-state index contributed by atoms with van der Waals surface area (Å²) in [4.78, 5) is 6.02. The van der Waals surface area contributed by atoms with Gasteiger partial charge in [-0.05, 0) is 43.0 Å². The molecule has 1 atom stereocenters. The molecule has 0 spiro atoms. The zero-order chi connectivity index (χ0) is 11.4. The first kappa shape index (κ1) is 12.4. The molecule has 0 bridgehead atoms. The monoisotopic (exact) mass is 275 g/mol. The molecule has 1 rings (SSSR count). The minimum Gasteiger partial charge on any atom is -0.366 e. The maximum absolute atomic E-state index is 13.3. The summed E-state index contributed by atoms with van der Waals surface area (Å²) < 4.78 is 14.0. The van der Waals surface area contributed by atoms with Crippen LogP contribution in [0, 0.1) is 5.82 Å². The average Bonchev–Trinajstić information content (AvgIpc) is 2.15. The van der Waals surface area contributed by atoms with Crippen molar-refractivity contribution < 1.29 is 4.39 Å². The van der Waals surface area contributed by atoms with Crippen LogP contribution in [-0.4, -0.2) is 36.6 Å².